The summed E-state index contributed by atoms with van der Waals surface area (Å²) in [5.74, 6) is 0.956. The van der Waals surface area contributed by atoms with Gasteiger partial charge in [-0.05, 0) is 31.7 Å². The molecule has 0 saturated carbocycles. The van der Waals surface area contributed by atoms with Crippen molar-refractivity contribution < 1.29 is 9.53 Å². The summed E-state index contributed by atoms with van der Waals surface area (Å²) in [5.41, 5.74) is -0.0754. The zero-order valence-corrected chi connectivity index (χ0v) is 13.8. The number of piperidine rings is 1. The summed E-state index contributed by atoms with van der Waals surface area (Å²) >= 11 is 0. The highest BCUT2D eigenvalue weighted by atomic mass is 16.5. The van der Waals surface area contributed by atoms with Crippen LogP contribution in [0.25, 0.3) is 0 Å². The molecule has 2 saturated heterocycles. The number of nitrogens with one attached hydrogen (secondary N) is 1. The molecule has 23 heavy (non-hydrogen) atoms. The monoisotopic (exact) mass is 318 g/mol. The average Bonchev–Trinajstić information content (AvgIpc) is 2.96. The van der Waals surface area contributed by atoms with Gasteiger partial charge >= 0.3 is 0 Å². The number of ether oxygens (including phenoxy) is 1. The van der Waals surface area contributed by atoms with E-state index in [2.05, 4.69) is 22.2 Å². The van der Waals surface area contributed by atoms with E-state index in [1.54, 1.807) is 12.4 Å². The Morgan fingerprint density at radius 3 is 2.83 bits per heavy atom. The Hall–Kier alpha value is -1.69. The van der Waals surface area contributed by atoms with Crippen LogP contribution in [0.15, 0.2) is 18.5 Å². The molecule has 1 amide bonds. The lowest BCUT2D eigenvalue weighted by molar-refractivity contribution is -0.136. The van der Waals surface area contributed by atoms with E-state index in [1.165, 1.54) is 0 Å². The molecule has 1 atom stereocenters. The summed E-state index contributed by atoms with van der Waals surface area (Å²) in [5, 5.41) is 3.35. The van der Waals surface area contributed by atoms with Crippen LogP contribution >= 0.6 is 0 Å². The first-order chi connectivity index (χ1) is 11.2. The number of likely N-dealkylation sites (tertiary alicyclic amines) is 1. The Bertz CT molecular complexity index is 515. The first-order valence-electron chi connectivity index (χ1n) is 8.66. The van der Waals surface area contributed by atoms with Crippen LogP contribution in [0.5, 0.6) is 0 Å². The second kappa shape index (κ2) is 7.25. The lowest BCUT2D eigenvalue weighted by atomic mass is 9.87. The van der Waals surface area contributed by atoms with Gasteiger partial charge in [0.2, 0.25) is 11.9 Å². The maximum Gasteiger partial charge on any atom is 0.222 e. The largest absolute Gasteiger partial charge is 0.373 e. The number of anilines is 1. The second-order valence-corrected chi connectivity index (χ2v) is 6.60. The highest BCUT2D eigenvalue weighted by molar-refractivity contribution is 5.76. The van der Waals surface area contributed by atoms with E-state index < -0.39 is 0 Å². The van der Waals surface area contributed by atoms with Crippen molar-refractivity contribution in [2.45, 2.75) is 57.1 Å². The average molecular weight is 318 g/mol. The summed E-state index contributed by atoms with van der Waals surface area (Å²) in [7, 11) is 0. The molecule has 1 N–H and O–H groups in total. The third-order valence-corrected chi connectivity index (χ3v) is 4.88. The molecular weight excluding hydrogens is 292 g/mol. The van der Waals surface area contributed by atoms with Crippen LogP contribution in [0.1, 0.15) is 45.4 Å². The Kier molecular flexibility index (Phi) is 5.10. The molecule has 1 spiro atoms. The predicted octanol–water partition coefficient (Wildman–Crippen LogP) is 2.23. The fraction of sp³-hybridized carbons (Fsp3) is 0.706. The van der Waals surface area contributed by atoms with Crippen molar-refractivity contribution in [3.05, 3.63) is 18.5 Å². The number of amides is 1. The van der Waals surface area contributed by atoms with E-state index in [9.17, 15) is 4.79 Å². The second-order valence-electron chi connectivity index (χ2n) is 6.60. The molecule has 2 aliphatic rings. The van der Waals surface area contributed by atoms with Crippen LogP contribution in [0.2, 0.25) is 0 Å². The molecule has 3 rings (SSSR count). The Balaban J connectivity index is 1.48. The predicted molar refractivity (Wildman–Crippen MR) is 88.1 cm³/mol. The minimum absolute atomic E-state index is 0.0754. The maximum atomic E-state index is 12.1. The molecule has 0 aromatic carbocycles. The molecule has 0 bridgehead atoms. The van der Waals surface area contributed by atoms with Crippen LogP contribution in [0.3, 0.4) is 0 Å². The van der Waals surface area contributed by atoms with Gasteiger partial charge in [0, 0.05) is 31.9 Å². The molecule has 2 aliphatic heterocycles. The van der Waals surface area contributed by atoms with E-state index in [4.69, 9.17) is 4.74 Å². The van der Waals surface area contributed by atoms with Crippen molar-refractivity contribution in [2.75, 3.05) is 25.0 Å². The first kappa shape index (κ1) is 16.2. The van der Waals surface area contributed by atoms with Crippen LogP contribution < -0.4 is 5.32 Å². The summed E-state index contributed by atoms with van der Waals surface area (Å²) in [6, 6.07) is 2.06. The topological polar surface area (TPSA) is 67.4 Å². The molecule has 0 aliphatic carbocycles. The number of carbonyl (C=O) groups is 1. The van der Waals surface area contributed by atoms with E-state index in [0.29, 0.717) is 24.9 Å². The van der Waals surface area contributed by atoms with Gasteiger partial charge in [0.1, 0.15) is 0 Å². The highest BCUT2D eigenvalue weighted by Crippen LogP contribution is 2.36. The van der Waals surface area contributed by atoms with Gasteiger partial charge in [0.25, 0.3) is 0 Å². The minimum Gasteiger partial charge on any atom is -0.373 e. The van der Waals surface area contributed by atoms with Crippen LogP contribution in [-0.4, -0.2) is 52.1 Å². The fourth-order valence-electron chi connectivity index (χ4n) is 3.49. The normalized spacial score (nSPS) is 23.2. The van der Waals surface area contributed by atoms with E-state index in [0.717, 1.165) is 45.2 Å². The molecule has 2 fully saturated rings. The van der Waals surface area contributed by atoms with Crippen molar-refractivity contribution in [1.29, 1.82) is 0 Å². The molecule has 6 heteroatoms. The molecule has 0 unspecified atom stereocenters. The van der Waals surface area contributed by atoms with E-state index in [1.807, 2.05) is 11.0 Å². The number of hydrogen-bond donors (Lipinski definition) is 1. The third-order valence-electron chi connectivity index (χ3n) is 4.88. The Morgan fingerprint density at radius 1 is 1.39 bits per heavy atom. The molecule has 0 radical (unpaired) electrons. The Labute approximate surface area is 137 Å². The van der Waals surface area contributed by atoms with Crippen LogP contribution in [-0.2, 0) is 9.53 Å². The summed E-state index contributed by atoms with van der Waals surface area (Å²) in [6.07, 6.45) is 9.03. The number of rotatable bonds is 5. The number of nitrogens with zero attached hydrogens (tertiary/aromatic N) is 3. The van der Waals surface area contributed by atoms with E-state index >= 15 is 0 Å². The summed E-state index contributed by atoms with van der Waals surface area (Å²) in [4.78, 5) is 22.5. The van der Waals surface area contributed by atoms with Crippen molar-refractivity contribution in [1.82, 2.24) is 14.9 Å². The van der Waals surface area contributed by atoms with Gasteiger partial charge in [-0.3, -0.25) is 4.79 Å². The van der Waals surface area contributed by atoms with E-state index in [-0.39, 0.29) is 11.6 Å². The van der Waals surface area contributed by atoms with Gasteiger partial charge in [0.15, 0.2) is 0 Å². The lowest BCUT2D eigenvalue weighted by Crippen LogP contribution is -2.46. The van der Waals surface area contributed by atoms with Crippen LogP contribution in [0, 0.1) is 0 Å². The third kappa shape index (κ3) is 3.99. The zero-order chi connectivity index (χ0) is 16.1. The van der Waals surface area contributed by atoms with Gasteiger partial charge < -0.3 is 15.0 Å². The fourth-order valence-corrected chi connectivity index (χ4v) is 3.49. The summed E-state index contributed by atoms with van der Waals surface area (Å²) in [6.45, 7) is 4.44. The maximum absolute atomic E-state index is 12.1. The van der Waals surface area contributed by atoms with Gasteiger partial charge in [-0.15, -0.1) is 0 Å². The molecule has 1 aromatic heterocycles. The Morgan fingerprint density at radius 2 is 2.13 bits per heavy atom. The first-order valence-corrected chi connectivity index (χ1v) is 8.66. The molecule has 1 aromatic rings. The van der Waals surface area contributed by atoms with Crippen molar-refractivity contribution in [2.24, 2.45) is 0 Å². The molecule has 6 nitrogen and oxygen atoms in total. The lowest BCUT2D eigenvalue weighted by Gasteiger charge is -2.38. The van der Waals surface area contributed by atoms with Crippen LogP contribution in [0.4, 0.5) is 5.95 Å². The van der Waals surface area contributed by atoms with Crippen molar-refractivity contribution in [3.8, 4) is 0 Å². The molecule has 126 valence electrons. The van der Waals surface area contributed by atoms with Gasteiger partial charge in [-0.1, -0.05) is 13.3 Å². The van der Waals surface area contributed by atoms with Gasteiger partial charge in [-0.2, -0.15) is 0 Å². The van der Waals surface area contributed by atoms with Gasteiger partial charge in [0.05, 0.1) is 18.2 Å². The zero-order valence-electron chi connectivity index (χ0n) is 13.8. The summed E-state index contributed by atoms with van der Waals surface area (Å²) < 4.78 is 6.12. The number of hydrogen-bond acceptors (Lipinski definition) is 5. The quantitative estimate of drug-likeness (QED) is 0.902. The number of unbranched alkanes of at least 4 members (excludes halogenated alkanes) is 1. The molecular formula is C17H26N4O2. The number of carbonyl (C=O) groups excluding carboxylic acids is 1. The van der Waals surface area contributed by atoms with Crippen molar-refractivity contribution >= 4 is 11.9 Å². The SMILES string of the molecule is CCCCC(=O)N1CCC2(CC1)C[C@@H](Nc1ncccn1)CO2. The van der Waals surface area contributed by atoms with Crippen molar-refractivity contribution in [3.63, 3.8) is 0 Å². The van der Waals surface area contributed by atoms with Gasteiger partial charge in [-0.25, -0.2) is 9.97 Å². The number of aromatic nitrogens is 2. The standard InChI is InChI=1S/C17H26N4O2/c1-2-3-5-15(22)21-10-6-17(7-11-21)12-14(13-23-17)20-16-18-8-4-9-19-16/h4,8-9,14H,2-3,5-7,10-13H2,1H3,(H,18,19,20)/t14-/m1/s1. The highest BCUT2D eigenvalue weighted by Gasteiger charge is 2.43. The minimum atomic E-state index is -0.0754. The smallest absolute Gasteiger partial charge is 0.222 e. The molecule has 3 heterocycles.